The molecule has 1 heterocycles. The molecule has 0 aromatic heterocycles. The molecule has 1 aliphatic heterocycles. The summed E-state index contributed by atoms with van der Waals surface area (Å²) in [6.07, 6.45) is 3.29. The lowest BCUT2D eigenvalue weighted by Gasteiger charge is -2.23. The van der Waals surface area contributed by atoms with Crippen molar-refractivity contribution in [2.24, 2.45) is 0 Å². The Morgan fingerprint density at radius 3 is 2.61 bits per heavy atom. The van der Waals surface area contributed by atoms with Gasteiger partial charge in [0.05, 0.1) is 38.4 Å². The van der Waals surface area contributed by atoms with Gasteiger partial charge in [-0.1, -0.05) is 49.2 Å². The van der Waals surface area contributed by atoms with Crippen molar-refractivity contribution in [3.05, 3.63) is 88.4 Å². The van der Waals surface area contributed by atoms with Crippen molar-refractivity contribution >= 4 is 51.7 Å². The van der Waals surface area contributed by atoms with Gasteiger partial charge in [-0.3, -0.25) is 9.59 Å². The molecule has 8 heteroatoms. The normalized spacial score (nSPS) is 14.7. The topological polar surface area (TPSA) is 66.5 Å². The second-order valence-corrected chi connectivity index (χ2v) is 11.6. The second kappa shape index (κ2) is 12.6. The molecule has 2 amide bonds. The smallest absolute Gasteiger partial charge is 0.259 e. The average molecular weight is 541 g/mol. The third-order valence-electron chi connectivity index (χ3n) is 5.90. The predicted octanol–water partition coefficient (Wildman–Crippen LogP) is 6.32. The van der Waals surface area contributed by atoms with Gasteiger partial charge < -0.3 is 10.2 Å². The van der Waals surface area contributed by atoms with Crippen LogP contribution in [0.5, 0.6) is 0 Å². The van der Waals surface area contributed by atoms with Crippen LogP contribution >= 0.6 is 23.4 Å². The van der Waals surface area contributed by atoms with Crippen LogP contribution in [0.4, 0.5) is 5.69 Å². The molecule has 1 aliphatic rings. The molecule has 0 spiro atoms. The molecule has 0 saturated carbocycles. The number of unbranched alkanes of at least 4 members (excludes halogenated alkanes) is 1. The highest BCUT2D eigenvalue weighted by Gasteiger charge is 2.31. The van der Waals surface area contributed by atoms with Crippen LogP contribution in [0.25, 0.3) is 0 Å². The molecule has 4 rings (SSSR count). The van der Waals surface area contributed by atoms with Crippen LogP contribution in [0, 0.1) is 0 Å². The molecule has 3 aromatic rings. The number of halogens is 1. The minimum absolute atomic E-state index is 0.209. The number of hydrogen-bond acceptors (Lipinski definition) is 4. The van der Waals surface area contributed by atoms with Crippen LogP contribution in [0.15, 0.2) is 76.5 Å². The maximum Gasteiger partial charge on any atom is 0.259 e. The van der Waals surface area contributed by atoms with E-state index in [0.29, 0.717) is 38.2 Å². The number of carbonyl (C=O) groups excluding carboxylic acids is 2. The predicted molar refractivity (Wildman–Crippen MR) is 149 cm³/mol. The lowest BCUT2D eigenvalue weighted by Crippen LogP contribution is -2.31. The van der Waals surface area contributed by atoms with Gasteiger partial charge >= 0.3 is 0 Å². The first-order chi connectivity index (χ1) is 17.5. The van der Waals surface area contributed by atoms with E-state index in [4.69, 9.17) is 11.6 Å². The average Bonchev–Trinajstić information content (AvgIpc) is 2.97. The number of fused-ring (bicyclic) bond motifs is 2. The zero-order valence-corrected chi connectivity index (χ0v) is 22.6. The van der Waals surface area contributed by atoms with E-state index in [0.717, 1.165) is 23.5 Å². The Bertz CT molecular complexity index is 1280. The minimum Gasteiger partial charge on any atom is -0.352 e. The number of amides is 2. The highest BCUT2D eigenvalue weighted by Crippen LogP contribution is 2.36. The Kier molecular flexibility index (Phi) is 9.24. The number of anilines is 1. The van der Waals surface area contributed by atoms with Crippen LogP contribution in [-0.4, -0.2) is 34.1 Å². The number of rotatable bonds is 10. The highest BCUT2D eigenvalue weighted by molar-refractivity contribution is 7.99. The zero-order valence-electron chi connectivity index (χ0n) is 20.2. The van der Waals surface area contributed by atoms with Gasteiger partial charge in [-0.25, -0.2) is 4.21 Å². The van der Waals surface area contributed by atoms with Crippen LogP contribution in [0.3, 0.4) is 0 Å². The van der Waals surface area contributed by atoms with Crippen LogP contribution < -0.4 is 10.2 Å². The summed E-state index contributed by atoms with van der Waals surface area (Å²) in [5.74, 6) is 1.67. The van der Waals surface area contributed by atoms with Crippen molar-refractivity contribution in [2.75, 3.05) is 23.0 Å². The summed E-state index contributed by atoms with van der Waals surface area (Å²) in [5, 5.41) is 3.54. The molecule has 36 heavy (non-hydrogen) atoms. The second-order valence-electron chi connectivity index (χ2n) is 8.54. The first-order valence-corrected chi connectivity index (χ1v) is 14.7. The van der Waals surface area contributed by atoms with Crippen LogP contribution in [-0.2, 0) is 17.3 Å². The third-order valence-corrected chi connectivity index (χ3v) is 8.79. The van der Waals surface area contributed by atoms with Gasteiger partial charge in [0, 0.05) is 17.1 Å². The molecule has 1 N–H and O–H groups in total. The quantitative estimate of drug-likeness (QED) is 0.305. The maximum absolute atomic E-state index is 13.7. The molecule has 1 atom stereocenters. The molecule has 0 unspecified atom stereocenters. The molecule has 0 saturated heterocycles. The van der Waals surface area contributed by atoms with E-state index in [2.05, 4.69) is 12.2 Å². The van der Waals surface area contributed by atoms with Gasteiger partial charge in [-0.05, 0) is 72.4 Å². The molecule has 5 nitrogen and oxygen atoms in total. The summed E-state index contributed by atoms with van der Waals surface area (Å²) in [7, 11) is -1.57. The number of benzene rings is 3. The monoisotopic (exact) mass is 540 g/mol. The van der Waals surface area contributed by atoms with Crippen LogP contribution in [0.2, 0.25) is 5.02 Å². The van der Waals surface area contributed by atoms with E-state index in [1.807, 2.05) is 23.9 Å². The lowest BCUT2D eigenvalue weighted by atomic mass is 10.1. The third kappa shape index (κ3) is 6.20. The standard InChI is InChI=1S/C28H29ClN2O3S2/c1-2-3-15-35-16-7-14-30-27(32)21-12-13-26-24(18-21)31(19-20-8-6-9-22(29)17-20)28(33)23-10-4-5-11-25(23)36(26)34/h4-6,8-13,17-18H,2-3,7,14-16,19H2,1H3,(H,30,32)/t36-/m0/s1. The molecule has 188 valence electrons. The number of nitrogens with one attached hydrogen (secondary N) is 1. The van der Waals surface area contributed by atoms with E-state index in [1.54, 1.807) is 59.5 Å². The van der Waals surface area contributed by atoms with E-state index in [1.165, 1.54) is 12.8 Å². The summed E-state index contributed by atoms with van der Waals surface area (Å²) < 4.78 is 13.5. The maximum atomic E-state index is 13.7. The zero-order chi connectivity index (χ0) is 25.5. The Morgan fingerprint density at radius 2 is 1.81 bits per heavy atom. The van der Waals surface area contributed by atoms with E-state index < -0.39 is 10.8 Å². The van der Waals surface area contributed by atoms with Gasteiger partial charge in [0.15, 0.2) is 0 Å². The SMILES string of the molecule is CCCCSCCCNC(=O)c1ccc2c(c1)N(Cc1cccc(Cl)c1)C(=O)c1ccccc1[S@@]2=O. The Balaban J connectivity index is 1.61. The fraction of sp³-hybridized carbons (Fsp3) is 0.286. The van der Waals surface area contributed by atoms with Gasteiger partial charge in [-0.2, -0.15) is 11.8 Å². The van der Waals surface area contributed by atoms with Gasteiger partial charge in [0.25, 0.3) is 11.8 Å². The molecule has 0 bridgehead atoms. The molecule has 0 aliphatic carbocycles. The minimum atomic E-state index is -1.57. The number of thioether (sulfide) groups is 1. The summed E-state index contributed by atoms with van der Waals surface area (Å²) in [6, 6.07) is 19.3. The summed E-state index contributed by atoms with van der Waals surface area (Å²) >= 11 is 8.10. The number of hydrogen-bond donors (Lipinski definition) is 1. The molecular formula is C28H29ClN2O3S2. The fourth-order valence-electron chi connectivity index (χ4n) is 4.01. The van der Waals surface area contributed by atoms with Crippen molar-refractivity contribution in [1.29, 1.82) is 0 Å². The first kappa shape index (κ1) is 26.5. The highest BCUT2D eigenvalue weighted by atomic mass is 35.5. The van der Waals surface area contributed by atoms with Crippen molar-refractivity contribution in [1.82, 2.24) is 5.32 Å². The van der Waals surface area contributed by atoms with Gasteiger partial charge in [0.2, 0.25) is 0 Å². The van der Waals surface area contributed by atoms with E-state index >= 15 is 0 Å². The van der Waals surface area contributed by atoms with Crippen molar-refractivity contribution in [3.63, 3.8) is 0 Å². The Labute approximate surface area is 224 Å². The summed E-state index contributed by atoms with van der Waals surface area (Å²) in [5.41, 5.74) is 2.12. The summed E-state index contributed by atoms with van der Waals surface area (Å²) in [4.78, 5) is 29.2. The van der Waals surface area contributed by atoms with Crippen LogP contribution in [0.1, 0.15) is 52.5 Å². The van der Waals surface area contributed by atoms with Gasteiger partial charge in [0.1, 0.15) is 0 Å². The van der Waals surface area contributed by atoms with Crippen molar-refractivity contribution in [2.45, 2.75) is 42.5 Å². The molecule has 3 aromatic carbocycles. The number of nitrogens with zero attached hydrogens (tertiary/aromatic N) is 1. The molecule has 0 fully saturated rings. The van der Waals surface area contributed by atoms with E-state index in [9.17, 15) is 13.8 Å². The lowest BCUT2D eigenvalue weighted by molar-refractivity contribution is 0.0950. The largest absolute Gasteiger partial charge is 0.352 e. The summed E-state index contributed by atoms with van der Waals surface area (Å²) in [6.45, 7) is 2.99. The molecular weight excluding hydrogens is 512 g/mol. The molecule has 0 radical (unpaired) electrons. The van der Waals surface area contributed by atoms with Crippen molar-refractivity contribution < 1.29 is 13.8 Å². The Morgan fingerprint density at radius 1 is 1.00 bits per heavy atom. The fourth-order valence-corrected chi connectivity index (χ4v) is 6.61. The Hall–Kier alpha value is -2.61. The first-order valence-electron chi connectivity index (χ1n) is 12.1. The number of carbonyl (C=O) groups is 2. The van der Waals surface area contributed by atoms with E-state index in [-0.39, 0.29) is 18.4 Å². The van der Waals surface area contributed by atoms with Gasteiger partial charge in [-0.15, -0.1) is 0 Å². The van der Waals surface area contributed by atoms with Crippen molar-refractivity contribution in [3.8, 4) is 0 Å².